The second-order valence-electron chi connectivity index (χ2n) is 6.23. The summed E-state index contributed by atoms with van der Waals surface area (Å²) in [5, 5.41) is 12.5. The second-order valence-corrected chi connectivity index (χ2v) is 6.23. The number of benzene rings is 1. The molecule has 116 valence electrons. The van der Waals surface area contributed by atoms with Gasteiger partial charge in [0.25, 0.3) is 0 Å². The van der Waals surface area contributed by atoms with Gasteiger partial charge < -0.3 is 15.3 Å². The minimum absolute atomic E-state index is 0.0619. The predicted octanol–water partition coefficient (Wildman–Crippen LogP) is 2.86. The molecule has 0 radical (unpaired) electrons. The fraction of sp³-hybridized carbons (Fsp3) is 0.588. The number of rotatable bonds is 6. The van der Waals surface area contributed by atoms with Crippen LogP contribution in [0.3, 0.4) is 0 Å². The fourth-order valence-electron chi connectivity index (χ4n) is 2.40. The van der Waals surface area contributed by atoms with Crippen molar-refractivity contribution in [3.05, 3.63) is 35.4 Å². The van der Waals surface area contributed by atoms with Gasteiger partial charge in [-0.3, -0.25) is 0 Å². The van der Waals surface area contributed by atoms with Gasteiger partial charge in [-0.2, -0.15) is 0 Å². The summed E-state index contributed by atoms with van der Waals surface area (Å²) in [5.41, 5.74) is 2.41. The van der Waals surface area contributed by atoms with Gasteiger partial charge in [0, 0.05) is 13.6 Å². The summed E-state index contributed by atoms with van der Waals surface area (Å²) >= 11 is 0. The molecule has 4 heteroatoms. The molecule has 2 atom stereocenters. The van der Waals surface area contributed by atoms with Gasteiger partial charge in [-0.15, -0.1) is 0 Å². The van der Waals surface area contributed by atoms with Crippen molar-refractivity contribution in [2.24, 2.45) is 5.92 Å². The van der Waals surface area contributed by atoms with Crippen molar-refractivity contribution in [3.8, 4) is 0 Å². The summed E-state index contributed by atoms with van der Waals surface area (Å²) in [6.45, 7) is 4.37. The molecule has 2 unspecified atom stereocenters. The number of aliphatic hydroxyl groups is 1. The van der Waals surface area contributed by atoms with E-state index in [1.165, 1.54) is 24.0 Å². The molecule has 1 aromatic rings. The zero-order valence-electron chi connectivity index (χ0n) is 13.2. The average Bonchev–Trinajstić information content (AvgIpc) is 3.27. The highest BCUT2D eigenvalue weighted by Gasteiger charge is 2.33. The summed E-state index contributed by atoms with van der Waals surface area (Å²) in [6, 6.07) is 8.44. The SMILES string of the molecule is Cc1ccc(C(NC(=O)N(C)CCC(C)O)C2CC2)cc1. The number of carbonyl (C=O) groups is 1. The van der Waals surface area contributed by atoms with E-state index in [-0.39, 0.29) is 18.2 Å². The lowest BCUT2D eigenvalue weighted by atomic mass is 10.0. The lowest BCUT2D eigenvalue weighted by Crippen LogP contribution is -2.41. The maximum absolute atomic E-state index is 12.3. The Hall–Kier alpha value is -1.55. The monoisotopic (exact) mass is 290 g/mol. The summed E-state index contributed by atoms with van der Waals surface area (Å²) in [4.78, 5) is 13.9. The largest absolute Gasteiger partial charge is 0.393 e. The first kappa shape index (κ1) is 15.8. The molecular formula is C17H26N2O2. The molecule has 2 amide bonds. The van der Waals surface area contributed by atoms with Crippen LogP contribution >= 0.6 is 0 Å². The number of aliphatic hydroxyl groups excluding tert-OH is 1. The van der Waals surface area contributed by atoms with E-state index in [4.69, 9.17) is 0 Å². The second kappa shape index (κ2) is 6.94. The summed E-state index contributed by atoms with van der Waals surface area (Å²) in [6.07, 6.45) is 2.58. The Labute approximate surface area is 127 Å². The Balaban J connectivity index is 1.96. The first-order valence-corrected chi connectivity index (χ1v) is 7.73. The van der Waals surface area contributed by atoms with Crippen LogP contribution in [0.25, 0.3) is 0 Å². The van der Waals surface area contributed by atoms with E-state index in [0.717, 1.165) is 0 Å². The van der Waals surface area contributed by atoms with E-state index >= 15 is 0 Å². The van der Waals surface area contributed by atoms with Gasteiger partial charge >= 0.3 is 6.03 Å². The molecule has 0 bridgehead atoms. The van der Waals surface area contributed by atoms with Gasteiger partial charge in [0.2, 0.25) is 0 Å². The third-order valence-corrected chi connectivity index (χ3v) is 4.04. The molecule has 0 aromatic heterocycles. The standard InChI is InChI=1S/C17H26N2O2/c1-12-4-6-14(7-5-12)16(15-8-9-15)18-17(21)19(3)11-10-13(2)20/h4-7,13,15-16,20H,8-11H2,1-3H3,(H,18,21). The number of hydrogen-bond acceptors (Lipinski definition) is 2. The van der Waals surface area contributed by atoms with Gasteiger partial charge in [0.1, 0.15) is 0 Å². The van der Waals surface area contributed by atoms with E-state index in [1.54, 1.807) is 18.9 Å². The van der Waals surface area contributed by atoms with Crippen LogP contribution in [0.4, 0.5) is 4.79 Å². The molecule has 2 N–H and O–H groups in total. The van der Waals surface area contributed by atoms with E-state index in [9.17, 15) is 9.90 Å². The van der Waals surface area contributed by atoms with Crippen LogP contribution in [0.1, 0.15) is 43.4 Å². The van der Waals surface area contributed by atoms with Crippen molar-refractivity contribution < 1.29 is 9.90 Å². The Morgan fingerprint density at radius 1 is 1.38 bits per heavy atom. The number of nitrogens with one attached hydrogen (secondary N) is 1. The van der Waals surface area contributed by atoms with Crippen molar-refractivity contribution in [2.45, 2.75) is 45.3 Å². The average molecular weight is 290 g/mol. The van der Waals surface area contributed by atoms with Gasteiger partial charge in [-0.25, -0.2) is 4.79 Å². The normalized spacial score (nSPS) is 17.1. The van der Waals surface area contributed by atoms with E-state index < -0.39 is 0 Å². The zero-order valence-corrected chi connectivity index (χ0v) is 13.2. The molecule has 21 heavy (non-hydrogen) atoms. The Morgan fingerprint density at radius 3 is 2.52 bits per heavy atom. The van der Waals surface area contributed by atoms with Crippen LogP contribution in [-0.2, 0) is 0 Å². The van der Waals surface area contributed by atoms with Crippen molar-refractivity contribution in [1.29, 1.82) is 0 Å². The molecule has 0 heterocycles. The Bertz CT molecular complexity index is 466. The topological polar surface area (TPSA) is 52.6 Å². The van der Waals surface area contributed by atoms with Gasteiger partial charge in [0.15, 0.2) is 0 Å². The zero-order chi connectivity index (χ0) is 15.4. The molecule has 1 fully saturated rings. The molecule has 0 saturated heterocycles. The first-order valence-electron chi connectivity index (χ1n) is 7.73. The van der Waals surface area contributed by atoms with Crippen LogP contribution in [0.5, 0.6) is 0 Å². The highest BCUT2D eigenvalue weighted by Crippen LogP contribution is 2.41. The number of hydrogen-bond donors (Lipinski definition) is 2. The van der Waals surface area contributed by atoms with Gasteiger partial charge in [-0.1, -0.05) is 29.8 Å². The minimum Gasteiger partial charge on any atom is -0.393 e. The number of aryl methyl sites for hydroxylation is 1. The number of carbonyl (C=O) groups excluding carboxylic acids is 1. The molecule has 1 saturated carbocycles. The van der Waals surface area contributed by atoms with Crippen LogP contribution < -0.4 is 5.32 Å². The molecule has 0 aliphatic heterocycles. The predicted molar refractivity (Wildman–Crippen MR) is 84.1 cm³/mol. The lowest BCUT2D eigenvalue weighted by Gasteiger charge is -2.24. The summed E-state index contributed by atoms with van der Waals surface area (Å²) in [7, 11) is 1.77. The minimum atomic E-state index is -0.378. The van der Waals surface area contributed by atoms with Gasteiger partial charge in [-0.05, 0) is 44.6 Å². The highest BCUT2D eigenvalue weighted by atomic mass is 16.3. The third-order valence-electron chi connectivity index (χ3n) is 4.04. The van der Waals surface area contributed by atoms with E-state index in [1.807, 2.05) is 0 Å². The molecular weight excluding hydrogens is 264 g/mol. The molecule has 4 nitrogen and oxygen atoms in total. The molecule has 2 rings (SSSR count). The van der Waals surface area contributed by atoms with Crippen LogP contribution in [0, 0.1) is 12.8 Å². The van der Waals surface area contributed by atoms with Crippen LogP contribution in [0.15, 0.2) is 24.3 Å². The Kier molecular flexibility index (Phi) is 5.23. The van der Waals surface area contributed by atoms with Crippen LogP contribution in [0.2, 0.25) is 0 Å². The number of amides is 2. The van der Waals surface area contributed by atoms with Crippen molar-refractivity contribution in [1.82, 2.24) is 10.2 Å². The van der Waals surface area contributed by atoms with Crippen molar-refractivity contribution >= 4 is 6.03 Å². The number of urea groups is 1. The lowest BCUT2D eigenvalue weighted by molar-refractivity contribution is 0.162. The fourth-order valence-corrected chi connectivity index (χ4v) is 2.40. The van der Waals surface area contributed by atoms with Crippen LogP contribution in [-0.4, -0.2) is 35.7 Å². The third kappa shape index (κ3) is 4.74. The van der Waals surface area contributed by atoms with Crippen molar-refractivity contribution in [2.75, 3.05) is 13.6 Å². The van der Waals surface area contributed by atoms with E-state index in [0.29, 0.717) is 18.9 Å². The van der Waals surface area contributed by atoms with Gasteiger partial charge in [0.05, 0.1) is 12.1 Å². The maximum Gasteiger partial charge on any atom is 0.317 e. The van der Waals surface area contributed by atoms with E-state index in [2.05, 4.69) is 36.5 Å². The van der Waals surface area contributed by atoms with Crippen molar-refractivity contribution in [3.63, 3.8) is 0 Å². The first-order chi connectivity index (χ1) is 9.97. The molecule has 1 aliphatic carbocycles. The summed E-state index contributed by atoms with van der Waals surface area (Å²) < 4.78 is 0. The number of nitrogens with zero attached hydrogens (tertiary/aromatic N) is 1. The smallest absolute Gasteiger partial charge is 0.317 e. The molecule has 1 aromatic carbocycles. The maximum atomic E-state index is 12.3. The quantitative estimate of drug-likeness (QED) is 0.846. The summed E-state index contributed by atoms with van der Waals surface area (Å²) in [5.74, 6) is 0.557. The highest BCUT2D eigenvalue weighted by molar-refractivity contribution is 5.74. The molecule has 0 spiro atoms. The Morgan fingerprint density at radius 2 is 2.00 bits per heavy atom. The molecule has 1 aliphatic rings.